The molecule has 0 amide bonds. The molecule has 1 aliphatic rings. The Balaban J connectivity index is 2.38. The smallest absolute Gasteiger partial charge is 0.123 e. The largest absolute Gasteiger partial charge is 0.368 e. The van der Waals surface area contributed by atoms with Crippen LogP contribution in [0, 0.1) is 18.3 Å². The SMILES string of the molecule is Cc1cccc(C(C)C)c1N1CCC(N)(C#N)C1. The van der Waals surface area contributed by atoms with Crippen molar-refractivity contribution in [2.24, 2.45) is 5.73 Å². The maximum atomic E-state index is 9.14. The summed E-state index contributed by atoms with van der Waals surface area (Å²) in [5.74, 6) is 0.481. The molecular weight excluding hydrogens is 222 g/mol. The first kappa shape index (κ1) is 12.9. The molecule has 1 aromatic rings. The molecule has 1 saturated heterocycles. The molecule has 0 spiro atoms. The molecule has 2 N–H and O–H groups in total. The van der Waals surface area contributed by atoms with Crippen LogP contribution in [0.15, 0.2) is 18.2 Å². The van der Waals surface area contributed by atoms with E-state index in [1.165, 1.54) is 16.8 Å². The fraction of sp³-hybridized carbons (Fsp3) is 0.533. The minimum absolute atomic E-state index is 0.481. The molecule has 3 heteroatoms. The molecule has 0 aliphatic carbocycles. The van der Waals surface area contributed by atoms with Crippen molar-refractivity contribution in [1.82, 2.24) is 0 Å². The second-order valence-electron chi connectivity index (χ2n) is 5.61. The third-order valence-electron chi connectivity index (χ3n) is 3.73. The Kier molecular flexibility index (Phi) is 3.32. The quantitative estimate of drug-likeness (QED) is 0.868. The summed E-state index contributed by atoms with van der Waals surface area (Å²) < 4.78 is 0. The van der Waals surface area contributed by atoms with E-state index in [1.807, 2.05) is 0 Å². The van der Waals surface area contributed by atoms with Gasteiger partial charge in [-0.25, -0.2) is 0 Å². The highest BCUT2D eigenvalue weighted by molar-refractivity contribution is 5.62. The predicted octanol–water partition coefficient (Wildman–Crippen LogP) is 2.55. The van der Waals surface area contributed by atoms with Crippen LogP contribution in [0.2, 0.25) is 0 Å². The average molecular weight is 243 g/mol. The highest BCUT2D eigenvalue weighted by Gasteiger charge is 2.35. The molecule has 18 heavy (non-hydrogen) atoms. The van der Waals surface area contributed by atoms with Crippen LogP contribution < -0.4 is 10.6 Å². The van der Waals surface area contributed by atoms with Gasteiger partial charge in [0.25, 0.3) is 0 Å². The van der Waals surface area contributed by atoms with Crippen molar-refractivity contribution < 1.29 is 0 Å². The molecule has 1 atom stereocenters. The summed E-state index contributed by atoms with van der Waals surface area (Å²) in [6, 6.07) is 8.65. The van der Waals surface area contributed by atoms with Crippen LogP contribution in [-0.4, -0.2) is 18.6 Å². The number of anilines is 1. The Hall–Kier alpha value is -1.53. The minimum Gasteiger partial charge on any atom is -0.368 e. The number of aryl methyl sites for hydroxylation is 1. The van der Waals surface area contributed by atoms with Crippen molar-refractivity contribution in [2.75, 3.05) is 18.0 Å². The van der Waals surface area contributed by atoms with Gasteiger partial charge in [-0.3, -0.25) is 0 Å². The molecule has 0 aromatic heterocycles. The van der Waals surface area contributed by atoms with Crippen LogP contribution in [0.25, 0.3) is 0 Å². The Morgan fingerprint density at radius 3 is 2.72 bits per heavy atom. The lowest BCUT2D eigenvalue weighted by Crippen LogP contribution is -2.41. The van der Waals surface area contributed by atoms with E-state index in [0.717, 1.165) is 13.0 Å². The van der Waals surface area contributed by atoms with E-state index >= 15 is 0 Å². The van der Waals surface area contributed by atoms with Crippen LogP contribution in [0.3, 0.4) is 0 Å². The molecule has 1 aromatic carbocycles. The predicted molar refractivity (Wildman–Crippen MR) is 74.6 cm³/mol. The van der Waals surface area contributed by atoms with Crippen LogP contribution in [0.5, 0.6) is 0 Å². The van der Waals surface area contributed by atoms with Crippen LogP contribution in [0.1, 0.15) is 37.3 Å². The summed E-state index contributed by atoms with van der Waals surface area (Å²) in [6.07, 6.45) is 0.745. The second kappa shape index (κ2) is 4.62. The molecule has 1 heterocycles. The van der Waals surface area contributed by atoms with Crippen LogP contribution >= 0.6 is 0 Å². The summed E-state index contributed by atoms with van der Waals surface area (Å²) in [7, 11) is 0. The van der Waals surface area contributed by atoms with Crippen molar-refractivity contribution in [1.29, 1.82) is 5.26 Å². The molecule has 2 rings (SSSR count). The van der Waals surface area contributed by atoms with Gasteiger partial charge in [0, 0.05) is 18.8 Å². The zero-order valence-electron chi connectivity index (χ0n) is 11.4. The summed E-state index contributed by atoms with van der Waals surface area (Å²) in [4.78, 5) is 2.27. The molecular formula is C15H21N3. The number of nitrogens with two attached hydrogens (primary N) is 1. The molecule has 1 fully saturated rings. The first-order chi connectivity index (χ1) is 8.47. The van der Waals surface area contributed by atoms with E-state index in [-0.39, 0.29) is 0 Å². The van der Waals surface area contributed by atoms with Gasteiger partial charge in [0.1, 0.15) is 5.54 Å². The van der Waals surface area contributed by atoms with Gasteiger partial charge >= 0.3 is 0 Å². The highest BCUT2D eigenvalue weighted by atomic mass is 15.2. The number of benzene rings is 1. The standard InChI is InChI=1S/C15H21N3/c1-11(2)13-6-4-5-12(3)14(13)18-8-7-15(17,9-16)10-18/h4-6,11H,7-8,10,17H2,1-3H3. The van der Waals surface area contributed by atoms with E-state index in [2.05, 4.69) is 49.9 Å². The number of hydrogen-bond acceptors (Lipinski definition) is 3. The lowest BCUT2D eigenvalue weighted by molar-refractivity contribution is 0.605. The maximum Gasteiger partial charge on any atom is 0.123 e. The third-order valence-corrected chi connectivity index (χ3v) is 3.73. The number of rotatable bonds is 2. The van der Waals surface area contributed by atoms with Crippen molar-refractivity contribution >= 4 is 5.69 Å². The van der Waals surface area contributed by atoms with E-state index in [4.69, 9.17) is 11.0 Å². The Morgan fingerprint density at radius 2 is 2.17 bits per heavy atom. The lowest BCUT2D eigenvalue weighted by Gasteiger charge is -2.26. The number of hydrogen-bond donors (Lipinski definition) is 1. The average Bonchev–Trinajstić information content (AvgIpc) is 2.72. The van der Waals surface area contributed by atoms with E-state index in [0.29, 0.717) is 12.5 Å². The monoisotopic (exact) mass is 243 g/mol. The molecule has 0 radical (unpaired) electrons. The molecule has 1 aliphatic heterocycles. The Morgan fingerprint density at radius 1 is 1.44 bits per heavy atom. The van der Waals surface area contributed by atoms with E-state index < -0.39 is 5.54 Å². The van der Waals surface area contributed by atoms with Crippen molar-refractivity contribution in [3.8, 4) is 6.07 Å². The zero-order chi connectivity index (χ0) is 13.3. The summed E-state index contributed by atoms with van der Waals surface area (Å²) in [6.45, 7) is 8.04. The Labute approximate surface area is 109 Å². The number of nitriles is 1. The maximum absolute atomic E-state index is 9.14. The molecule has 0 bridgehead atoms. The number of para-hydroxylation sites is 1. The summed E-state index contributed by atoms with van der Waals surface area (Å²) in [5.41, 5.74) is 9.26. The molecule has 3 nitrogen and oxygen atoms in total. The van der Waals surface area contributed by atoms with Gasteiger partial charge in [0.15, 0.2) is 0 Å². The normalized spacial score (nSPS) is 23.4. The van der Waals surface area contributed by atoms with E-state index in [1.54, 1.807) is 0 Å². The van der Waals surface area contributed by atoms with Crippen molar-refractivity contribution in [3.63, 3.8) is 0 Å². The van der Waals surface area contributed by atoms with Gasteiger partial charge in [-0.15, -0.1) is 0 Å². The van der Waals surface area contributed by atoms with Gasteiger partial charge in [-0.1, -0.05) is 32.0 Å². The first-order valence-corrected chi connectivity index (χ1v) is 6.51. The molecule has 96 valence electrons. The van der Waals surface area contributed by atoms with Gasteiger partial charge < -0.3 is 10.6 Å². The number of nitrogens with zero attached hydrogens (tertiary/aromatic N) is 2. The molecule has 1 unspecified atom stereocenters. The van der Waals surface area contributed by atoms with Gasteiger partial charge in [-0.05, 0) is 30.4 Å². The van der Waals surface area contributed by atoms with Gasteiger partial charge in [0.05, 0.1) is 6.07 Å². The summed E-state index contributed by atoms with van der Waals surface area (Å²) >= 11 is 0. The van der Waals surface area contributed by atoms with Crippen molar-refractivity contribution in [3.05, 3.63) is 29.3 Å². The first-order valence-electron chi connectivity index (χ1n) is 6.51. The Bertz CT molecular complexity index is 487. The zero-order valence-corrected chi connectivity index (χ0v) is 11.4. The highest BCUT2D eigenvalue weighted by Crippen LogP contribution is 2.34. The topological polar surface area (TPSA) is 53.0 Å². The third kappa shape index (κ3) is 2.21. The van der Waals surface area contributed by atoms with Crippen LogP contribution in [-0.2, 0) is 0 Å². The van der Waals surface area contributed by atoms with Crippen molar-refractivity contribution in [2.45, 2.75) is 38.6 Å². The molecule has 0 saturated carbocycles. The minimum atomic E-state index is -0.684. The summed E-state index contributed by atoms with van der Waals surface area (Å²) in [5, 5.41) is 9.14. The lowest BCUT2D eigenvalue weighted by atomic mass is 9.97. The fourth-order valence-corrected chi connectivity index (χ4v) is 2.69. The second-order valence-corrected chi connectivity index (χ2v) is 5.61. The fourth-order valence-electron chi connectivity index (χ4n) is 2.69. The van der Waals surface area contributed by atoms with E-state index in [9.17, 15) is 0 Å². The van der Waals surface area contributed by atoms with Crippen LogP contribution in [0.4, 0.5) is 5.69 Å². The van der Waals surface area contributed by atoms with Gasteiger partial charge in [0.2, 0.25) is 0 Å². The van der Waals surface area contributed by atoms with Gasteiger partial charge in [-0.2, -0.15) is 5.26 Å².